The van der Waals surface area contributed by atoms with Crippen LogP contribution in [0.1, 0.15) is 57.6 Å². The molecule has 0 unspecified atom stereocenters. The van der Waals surface area contributed by atoms with E-state index in [1.54, 1.807) is 32.0 Å². The van der Waals surface area contributed by atoms with Crippen LogP contribution in [0.4, 0.5) is 5.69 Å². The number of carbonyl (C=O) groups excluding carboxylic acids is 2. The van der Waals surface area contributed by atoms with Crippen molar-refractivity contribution in [3.63, 3.8) is 0 Å². The lowest BCUT2D eigenvalue weighted by molar-refractivity contribution is -0.386. The Morgan fingerprint density at radius 2 is 1.75 bits per heavy atom. The van der Waals surface area contributed by atoms with Gasteiger partial charge in [0.1, 0.15) is 11.5 Å². The number of hydrogen-bond acceptors (Lipinski definition) is 5. The van der Waals surface area contributed by atoms with Gasteiger partial charge in [0.15, 0.2) is 5.78 Å². The number of para-hydroxylation sites is 1. The largest absolute Gasteiger partial charge is 0.455 e. The van der Waals surface area contributed by atoms with Gasteiger partial charge < -0.3 is 4.74 Å². The lowest BCUT2D eigenvalue weighted by Gasteiger charge is -2.47. The van der Waals surface area contributed by atoms with Crippen molar-refractivity contribution < 1.29 is 19.2 Å². The molecule has 1 atom stereocenters. The third kappa shape index (κ3) is 2.32. The van der Waals surface area contributed by atoms with Crippen molar-refractivity contribution in [2.45, 2.75) is 52.1 Å². The van der Waals surface area contributed by atoms with Crippen molar-refractivity contribution in [3.8, 4) is 0 Å². The third-order valence-electron chi connectivity index (χ3n) is 5.41. The smallest absolute Gasteiger partial charge is 0.320 e. The first-order valence-corrected chi connectivity index (χ1v) is 8.30. The second-order valence-corrected chi connectivity index (χ2v) is 7.29. The van der Waals surface area contributed by atoms with Crippen LogP contribution in [0.15, 0.2) is 24.3 Å². The number of cyclic esters (lactones) is 1. The summed E-state index contributed by atoms with van der Waals surface area (Å²) >= 11 is 0. The number of nitro groups is 1. The zero-order valence-corrected chi connectivity index (χ0v) is 13.9. The van der Waals surface area contributed by atoms with Crippen LogP contribution in [-0.2, 0) is 14.3 Å². The normalized spacial score (nSPS) is 25.3. The van der Waals surface area contributed by atoms with Crippen molar-refractivity contribution >= 4 is 17.4 Å². The molecular formula is C18H21NO5. The number of nitro benzene ring substituents is 1. The molecule has 6 heteroatoms. The molecule has 1 aliphatic heterocycles. The molecule has 6 nitrogen and oxygen atoms in total. The van der Waals surface area contributed by atoms with E-state index in [0.717, 1.165) is 19.3 Å². The molecular weight excluding hydrogens is 310 g/mol. The summed E-state index contributed by atoms with van der Waals surface area (Å²) < 4.78 is 5.68. The Bertz CT molecular complexity index is 703. The van der Waals surface area contributed by atoms with Gasteiger partial charge in [0.25, 0.3) is 5.69 Å². The second-order valence-electron chi connectivity index (χ2n) is 7.29. The summed E-state index contributed by atoms with van der Waals surface area (Å²) in [7, 11) is 0. The molecule has 1 aromatic carbocycles. The molecule has 1 heterocycles. The standard InChI is InChI=1S/C18H21NO5/c1-17(2)14(12-8-4-5-9-13(12)19(22)23)24-16(21)18(15(17)20)10-6-3-7-11-18/h4-5,8-9,14H,3,6-7,10-11H2,1-2H3/t14-/m0/s1. The molecule has 1 aromatic rings. The predicted molar refractivity (Wildman–Crippen MR) is 86.2 cm³/mol. The highest BCUT2D eigenvalue weighted by atomic mass is 16.6. The summed E-state index contributed by atoms with van der Waals surface area (Å²) in [6.45, 7) is 3.44. The third-order valence-corrected chi connectivity index (χ3v) is 5.41. The number of benzene rings is 1. The first-order chi connectivity index (χ1) is 11.3. The number of Topliss-reactive ketones (excluding diaryl/α,β-unsaturated/α-hetero) is 1. The first kappa shape index (κ1) is 16.6. The molecule has 128 valence electrons. The van der Waals surface area contributed by atoms with E-state index in [1.807, 2.05) is 0 Å². The minimum absolute atomic E-state index is 0.129. The molecule has 0 N–H and O–H groups in total. The number of hydrogen-bond donors (Lipinski definition) is 0. The number of carbonyl (C=O) groups is 2. The van der Waals surface area contributed by atoms with Gasteiger partial charge in [-0.2, -0.15) is 0 Å². The summed E-state index contributed by atoms with van der Waals surface area (Å²) in [5.41, 5.74) is -1.92. The van der Waals surface area contributed by atoms with Crippen LogP contribution >= 0.6 is 0 Å². The number of ether oxygens (including phenoxy) is 1. The van der Waals surface area contributed by atoms with Crippen LogP contribution in [0.3, 0.4) is 0 Å². The highest BCUT2D eigenvalue weighted by Gasteiger charge is 2.60. The van der Waals surface area contributed by atoms with E-state index >= 15 is 0 Å². The van der Waals surface area contributed by atoms with Crippen LogP contribution in [0.2, 0.25) is 0 Å². The average Bonchev–Trinajstić information content (AvgIpc) is 2.58. The summed E-state index contributed by atoms with van der Waals surface area (Å²) in [6, 6.07) is 6.14. The Morgan fingerprint density at radius 1 is 1.12 bits per heavy atom. The fourth-order valence-electron chi connectivity index (χ4n) is 4.11. The molecule has 1 spiro atoms. The van der Waals surface area contributed by atoms with E-state index in [1.165, 1.54) is 6.07 Å². The van der Waals surface area contributed by atoms with Crippen LogP contribution in [-0.4, -0.2) is 16.7 Å². The minimum atomic E-state index is -1.07. The highest BCUT2D eigenvalue weighted by molar-refractivity contribution is 6.08. The number of esters is 1. The summed E-state index contributed by atoms with van der Waals surface area (Å²) in [4.78, 5) is 36.8. The molecule has 24 heavy (non-hydrogen) atoms. The van der Waals surface area contributed by atoms with Crippen LogP contribution in [0, 0.1) is 20.9 Å². The average molecular weight is 331 g/mol. The molecule has 2 aliphatic rings. The van der Waals surface area contributed by atoms with E-state index in [9.17, 15) is 19.7 Å². The monoisotopic (exact) mass is 331 g/mol. The summed E-state index contributed by atoms with van der Waals surface area (Å²) in [5, 5.41) is 11.3. The Labute approximate surface area is 140 Å². The quantitative estimate of drug-likeness (QED) is 0.356. The molecule has 0 bridgehead atoms. The summed E-state index contributed by atoms with van der Waals surface area (Å²) in [5.74, 6) is -0.663. The molecule has 2 fully saturated rings. The van der Waals surface area contributed by atoms with Crippen molar-refractivity contribution in [3.05, 3.63) is 39.9 Å². The van der Waals surface area contributed by atoms with Crippen molar-refractivity contribution in [1.82, 2.24) is 0 Å². The SMILES string of the molecule is CC1(C)C(=O)C2(CCCCC2)C(=O)O[C@H]1c1ccccc1[N+](=O)[O-]. The molecule has 0 amide bonds. The minimum Gasteiger partial charge on any atom is -0.455 e. The predicted octanol–water partition coefficient (Wildman–Crippen LogP) is 3.74. The highest BCUT2D eigenvalue weighted by Crippen LogP contribution is 2.54. The zero-order chi connectivity index (χ0) is 17.5. The van der Waals surface area contributed by atoms with Crippen molar-refractivity contribution in [2.24, 2.45) is 10.8 Å². The zero-order valence-electron chi connectivity index (χ0n) is 13.9. The fraction of sp³-hybridized carbons (Fsp3) is 0.556. The number of rotatable bonds is 2. The molecule has 1 saturated carbocycles. The maximum absolute atomic E-state index is 13.2. The van der Waals surface area contributed by atoms with E-state index < -0.39 is 27.8 Å². The van der Waals surface area contributed by atoms with Gasteiger partial charge in [0.2, 0.25) is 0 Å². The van der Waals surface area contributed by atoms with Crippen LogP contribution in [0.5, 0.6) is 0 Å². The van der Waals surface area contributed by atoms with Crippen LogP contribution < -0.4 is 0 Å². The van der Waals surface area contributed by atoms with Gasteiger partial charge in [-0.25, -0.2) is 0 Å². The second kappa shape index (κ2) is 5.69. The van der Waals surface area contributed by atoms with E-state index in [-0.39, 0.29) is 17.0 Å². The lowest BCUT2D eigenvalue weighted by atomic mass is 9.60. The fourth-order valence-corrected chi connectivity index (χ4v) is 4.11. The summed E-state index contributed by atoms with van der Waals surface area (Å²) in [6.07, 6.45) is 2.75. The lowest BCUT2D eigenvalue weighted by Crippen LogP contribution is -2.55. The van der Waals surface area contributed by atoms with E-state index in [2.05, 4.69) is 0 Å². The van der Waals surface area contributed by atoms with Crippen LogP contribution in [0.25, 0.3) is 0 Å². The topological polar surface area (TPSA) is 86.5 Å². The number of nitrogens with zero attached hydrogens (tertiary/aromatic N) is 1. The van der Waals surface area contributed by atoms with Gasteiger partial charge in [0, 0.05) is 6.07 Å². The first-order valence-electron chi connectivity index (χ1n) is 8.30. The van der Waals surface area contributed by atoms with Gasteiger partial charge in [-0.05, 0) is 32.8 Å². The van der Waals surface area contributed by atoms with Gasteiger partial charge in [-0.15, -0.1) is 0 Å². The maximum Gasteiger partial charge on any atom is 0.320 e. The van der Waals surface area contributed by atoms with E-state index in [4.69, 9.17) is 4.74 Å². The Hall–Kier alpha value is -2.24. The van der Waals surface area contributed by atoms with Gasteiger partial charge in [-0.1, -0.05) is 31.4 Å². The molecule has 1 aliphatic carbocycles. The Balaban J connectivity index is 2.06. The van der Waals surface area contributed by atoms with Crippen molar-refractivity contribution in [2.75, 3.05) is 0 Å². The molecule has 1 saturated heterocycles. The van der Waals surface area contributed by atoms with Crippen molar-refractivity contribution in [1.29, 1.82) is 0 Å². The maximum atomic E-state index is 13.2. The van der Waals surface area contributed by atoms with Gasteiger partial charge >= 0.3 is 5.97 Å². The number of ketones is 1. The Kier molecular flexibility index (Phi) is 3.94. The van der Waals surface area contributed by atoms with E-state index in [0.29, 0.717) is 12.8 Å². The molecule has 3 rings (SSSR count). The Morgan fingerprint density at radius 3 is 2.38 bits per heavy atom. The molecule has 0 aromatic heterocycles. The molecule has 0 radical (unpaired) electrons. The van der Waals surface area contributed by atoms with Gasteiger partial charge in [0.05, 0.1) is 15.9 Å². The van der Waals surface area contributed by atoms with Gasteiger partial charge in [-0.3, -0.25) is 19.7 Å².